The van der Waals surface area contributed by atoms with Gasteiger partial charge in [0.1, 0.15) is 0 Å². The number of hydrogen-bond donors (Lipinski definition) is 3. The minimum atomic E-state index is -0.118. The summed E-state index contributed by atoms with van der Waals surface area (Å²) >= 11 is 5.92. The number of guanidine groups is 1. The van der Waals surface area contributed by atoms with E-state index in [9.17, 15) is 5.11 Å². The molecule has 1 heterocycles. The second-order valence-electron chi connectivity index (χ2n) is 7.23. The summed E-state index contributed by atoms with van der Waals surface area (Å²) in [4.78, 5) is 6.68. The number of benzene rings is 2. The van der Waals surface area contributed by atoms with Gasteiger partial charge in [-0.2, -0.15) is 0 Å². The standard InChI is InChI=1S/C22H29ClN4O/c1-24-22(26-15-18-6-8-20(23)9-7-18)25-14-17-2-4-19(5-3-17)16-27-12-10-21(28)11-13-27/h2-9,21,28H,10-16H2,1H3,(H2,24,25,26). The third-order valence-electron chi connectivity index (χ3n) is 5.04. The molecule has 1 fully saturated rings. The van der Waals surface area contributed by atoms with E-state index in [-0.39, 0.29) is 6.10 Å². The smallest absolute Gasteiger partial charge is 0.191 e. The summed E-state index contributed by atoms with van der Waals surface area (Å²) in [5.74, 6) is 0.769. The van der Waals surface area contributed by atoms with Crippen molar-refractivity contribution in [3.63, 3.8) is 0 Å². The average Bonchev–Trinajstić information content (AvgIpc) is 2.72. The normalized spacial score (nSPS) is 16.2. The first-order valence-electron chi connectivity index (χ1n) is 9.79. The molecule has 5 nitrogen and oxygen atoms in total. The highest BCUT2D eigenvalue weighted by molar-refractivity contribution is 6.30. The molecule has 6 heteroatoms. The molecule has 0 spiro atoms. The van der Waals surface area contributed by atoms with Crippen molar-refractivity contribution in [1.29, 1.82) is 0 Å². The van der Waals surface area contributed by atoms with Crippen molar-refractivity contribution in [3.8, 4) is 0 Å². The fourth-order valence-corrected chi connectivity index (χ4v) is 3.42. The number of piperidine rings is 1. The zero-order valence-electron chi connectivity index (χ0n) is 16.4. The SMILES string of the molecule is CN=C(NCc1ccc(Cl)cc1)NCc1ccc(CN2CCC(O)CC2)cc1. The first kappa shape index (κ1) is 20.6. The molecule has 150 valence electrons. The second kappa shape index (κ2) is 10.5. The van der Waals surface area contributed by atoms with Crippen molar-refractivity contribution in [3.05, 3.63) is 70.2 Å². The zero-order chi connectivity index (χ0) is 19.8. The molecular weight excluding hydrogens is 372 g/mol. The van der Waals surface area contributed by atoms with Crippen LogP contribution in [0.15, 0.2) is 53.5 Å². The molecule has 3 rings (SSSR count). The number of hydrogen-bond acceptors (Lipinski definition) is 3. The van der Waals surface area contributed by atoms with Crippen LogP contribution in [0.1, 0.15) is 29.5 Å². The molecule has 3 N–H and O–H groups in total. The van der Waals surface area contributed by atoms with Crippen LogP contribution in [0.5, 0.6) is 0 Å². The largest absolute Gasteiger partial charge is 0.393 e. The van der Waals surface area contributed by atoms with Crippen LogP contribution in [0.2, 0.25) is 5.02 Å². The van der Waals surface area contributed by atoms with E-state index in [0.29, 0.717) is 6.54 Å². The molecule has 2 aromatic carbocycles. The van der Waals surface area contributed by atoms with Gasteiger partial charge in [0, 0.05) is 44.8 Å². The van der Waals surface area contributed by atoms with Gasteiger partial charge in [0.2, 0.25) is 0 Å². The van der Waals surface area contributed by atoms with Gasteiger partial charge in [-0.1, -0.05) is 48.0 Å². The predicted molar refractivity (Wildman–Crippen MR) is 115 cm³/mol. The Morgan fingerprint density at radius 3 is 2.00 bits per heavy atom. The van der Waals surface area contributed by atoms with Crippen LogP contribution in [0.25, 0.3) is 0 Å². The highest BCUT2D eigenvalue weighted by atomic mass is 35.5. The minimum Gasteiger partial charge on any atom is -0.393 e. The summed E-state index contributed by atoms with van der Waals surface area (Å²) in [6.45, 7) is 4.31. The van der Waals surface area contributed by atoms with E-state index in [1.54, 1.807) is 7.05 Å². The summed E-state index contributed by atoms with van der Waals surface area (Å²) in [6.07, 6.45) is 1.64. The van der Waals surface area contributed by atoms with E-state index in [2.05, 4.69) is 44.8 Å². The van der Waals surface area contributed by atoms with Crippen molar-refractivity contribution >= 4 is 17.6 Å². The lowest BCUT2D eigenvalue weighted by molar-refractivity contribution is 0.0792. The van der Waals surface area contributed by atoms with Crippen LogP contribution in [-0.4, -0.2) is 42.2 Å². The monoisotopic (exact) mass is 400 g/mol. The molecule has 28 heavy (non-hydrogen) atoms. The molecule has 0 aromatic heterocycles. The van der Waals surface area contributed by atoms with Gasteiger partial charge in [0.15, 0.2) is 5.96 Å². The molecule has 0 radical (unpaired) electrons. The number of nitrogens with one attached hydrogen (secondary N) is 2. The molecule has 1 saturated heterocycles. The summed E-state index contributed by atoms with van der Waals surface area (Å²) in [5, 5.41) is 17.0. The van der Waals surface area contributed by atoms with E-state index in [4.69, 9.17) is 11.6 Å². The quantitative estimate of drug-likeness (QED) is 0.515. The van der Waals surface area contributed by atoms with Crippen LogP contribution in [-0.2, 0) is 19.6 Å². The Bertz CT molecular complexity index is 753. The Morgan fingerprint density at radius 2 is 1.46 bits per heavy atom. The maximum atomic E-state index is 9.61. The minimum absolute atomic E-state index is 0.118. The lowest BCUT2D eigenvalue weighted by atomic mass is 10.1. The fourth-order valence-electron chi connectivity index (χ4n) is 3.29. The maximum absolute atomic E-state index is 9.61. The van der Waals surface area contributed by atoms with Crippen molar-refractivity contribution in [2.24, 2.45) is 4.99 Å². The molecule has 0 aliphatic carbocycles. The number of nitrogens with zero attached hydrogens (tertiary/aromatic N) is 2. The Hall–Kier alpha value is -2.08. The molecule has 0 atom stereocenters. The molecule has 2 aromatic rings. The molecule has 1 aliphatic rings. The third-order valence-corrected chi connectivity index (χ3v) is 5.30. The third kappa shape index (κ3) is 6.51. The number of halogens is 1. The topological polar surface area (TPSA) is 59.9 Å². The maximum Gasteiger partial charge on any atom is 0.191 e. The first-order valence-corrected chi connectivity index (χ1v) is 10.2. The lowest BCUT2D eigenvalue weighted by Gasteiger charge is -2.29. The number of rotatable bonds is 6. The number of aliphatic hydroxyl groups excluding tert-OH is 1. The van der Waals surface area contributed by atoms with E-state index >= 15 is 0 Å². The van der Waals surface area contributed by atoms with Gasteiger partial charge in [-0.15, -0.1) is 0 Å². The van der Waals surface area contributed by atoms with Crippen molar-refractivity contribution in [1.82, 2.24) is 15.5 Å². The van der Waals surface area contributed by atoms with Crippen LogP contribution in [0.4, 0.5) is 0 Å². The van der Waals surface area contributed by atoms with Gasteiger partial charge < -0.3 is 15.7 Å². The average molecular weight is 401 g/mol. The van der Waals surface area contributed by atoms with Crippen molar-refractivity contribution < 1.29 is 5.11 Å². The highest BCUT2D eigenvalue weighted by Crippen LogP contribution is 2.14. The van der Waals surface area contributed by atoms with Crippen molar-refractivity contribution in [2.75, 3.05) is 20.1 Å². The second-order valence-corrected chi connectivity index (χ2v) is 7.67. The van der Waals surface area contributed by atoms with Gasteiger partial charge >= 0.3 is 0 Å². The Balaban J connectivity index is 1.43. The summed E-state index contributed by atoms with van der Waals surface area (Å²) in [5.41, 5.74) is 3.68. The molecule has 0 unspecified atom stereocenters. The lowest BCUT2D eigenvalue weighted by Crippen LogP contribution is -2.36. The van der Waals surface area contributed by atoms with Crippen LogP contribution >= 0.6 is 11.6 Å². The van der Waals surface area contributed by atoms with Gasteiger partial charge in [-0.05, 0) is 41.7 Å². The number of aliphatic hydroxyl groups is 1. The molecule has 1 aliphatic heterocycles. The fraction of sp³-hybridized carbons (Fsp3) is 0.409. The first-order chi connectivity index (χ1) is 13.6. The summed E-state index contributed by atoms with van der Waals surface area (Å²) in [7, 11) is 1.77. The predicted octanol–water partition coefficient (Wildman–Crippen LogP) is 3.16. The van der Waals surface area contributed by atoms with Crippen LogP contribution < -0.4 is 10.6 Å². The van der Waals surface area contributed by atoms with E-state index in [0.717, 1.165) is 55.6 Å². The van der Waals surface area contributed by atoms with Gasteiger partial charge in [-0.3, -0.25) is 9.89 Å². The van der Waals surface area contributed by atoms with Gasteiger partial charge in [-0.25, -0.2) is 0 Å². The van der Waals surface area contributed by atoms with E-state index < -0.39 is 0 Å². The molecular formula is C22H29ClN4O. The molecule has 0 bridgehead atoms. The Kier molecular flexibility index (Phi) is 7.71. The van der Waals surface area contributed by atoms with Crippen molar-refractivity contribution in [2.45, 2.75) is 38.6 Å². The Labute approximate surface area is 172 Å². The molecule has 0 saturated carbocycles. The van der Waals surface area contributed by atoms with Crippen LogP contribution in [0.3, 0.4) is 0 Å². The summed E-state index contributed by atoms with van der Waals surface area (Å²) in [6, 6.07) is 16.5. The Morgan fingerprint density at radius 1 is 0.964 bits per heavy atom. The zero-order valence-corrected chi connectivity index (χ0v) is 17.1. The highest BCUT2D eigenvalue weighted by Gasteiger charge is 2.16. The summed E-state index contributed by atoms with van der Waals surface area (Å²) < 4.78 is 0. The van der Waals surface area contributed by atoms with Gasteiger partial charge in [0.25, 0.3) is 0 Å². The van der Waals surface area contributed by atoms with E-state index in [1.165, 1.54) is 11.1 Å². The van der Waals surface area contributed by atoms with Gasteiger partial charge in [0.05, 0.1) is 6.10 Å². The number of aliphatic imine (C=N–C) groups is 1. The van der Waals surface area contributed by atoms with Crippen LogP contribution in [0, 0.1) is 0 Å². The molecule has 0 amide bonds. The van der Waals surface area contributed by atoms with E-state index in [1.807, 2.05) is 24.3 Å². The number of likely N-dealkylation sites (tertiary alicyclic amines) is 1.